The lowest BCUT2D eigenvalue weighted by molar-refractivity contribution is -0.697. The fourth-order valence-corrected chi connectivity index (χ4v) is 3.03. The molecular formula is C22H38N2. The highest BCUT2D eigenvalue weighted by Gasteiger charge is 2.02. The molecule has 0 saturated carbocycles. The largest absolute Gasteiger partial charge is 0.512 e. The minimum atomic E-state index is 1.19. The van der Waals surface area contributed by atoms with Crippen molar-refractivity contribution < 1.29 is 4.57 Å². The second-order valence-electron chi connectivity index (χ2n) is 6.74. The molecule has 0 aliphatic heterocycles. The van der Waals surface area contributed by atoms with Crippen LogP contribution in [-0.4, -0.2) is 0 Å². The average molecular weight is 331 g/mol. The zero-order chi connectivity index (χ0) is 17.9. The molecule has 0 N–H and O–H groups in total. The molecule has 0 fully saturated rings. The van der Waals surface area contributed by atoms with E-state index in [0.29, 0.717) is 0 Å². The summed E-state index contributed by atoms with van der Waals surface area (Å²) in [6.07, 6.45) is 22.6. The van der Waals surface area contributed by atoms with Gasteiger partial charge in [-0.25, -0.2) is 4.57 Å². The minimum Gasteiger partial charge on any atom is -0.512 e. The lowest BCUT2D eigenvalue weighted by Crippen LogP contribution is -2.33. The van der Waals surface area contributed by atoms with Crippen molar-refractivity contribution in [3.63, 3.8) is 0 Å². The Morgan fingerprint density at radius 1 is 0.792 bits per heavy atom. The van der Waals surface area contributed by atoms with Gasteiger partial charge in [0.2, 0.25) is 0 Å². The maximum atomic E-state index is 6.25. The molecule has 1 heterocycles. The van der Waals surface area contributed by atoms with Crippen molar-refractivity contribution >= 4 is 0 Å². The Balaban J connectivity index is 0.00000254. The van der Waals surface area contributed by atoms with Gasteiger partial charge < -0.3 is 11.8 Å². The summed E-state index contributed by atoms with van der Waals surface area (Å²) in [5.74, 6) is 0. The summed E-state index contributed by atoms with van der Waals surface area (Å²) < 4.78 is 2.38. The lowest BCUT2D eigenvalue weighted by atomic mass is 10.1. The number of unbranched alkanes of at least 4 members (excludes halogenated alkanes) is 10. The van der Waals surface area contributed by atoms with Crippen LogP contribution in [0.5, 0.6) is 0 Å². The Bertz CT molecular complexity index is 398. The van der Waals surface area contributed by atoms with E-state index in [9.17, 15) is 0 Å². The van der Waals surface area contributed by atoms with Gasteiger partial charge in [0, 0.05) is 18.1 Å². The second-order valence-corrected chi connectivity index (χ2v) is 6.74. The monoisotopic (exact) mass is 330 g/mol. The molecular weight excluding hydrogens is 292 g/mol. The van der Waals surface area contributed by atoms with E-state index in [4.69, 9.17) is 11.8 Å². The van der Waals surface area contributed by atoms with Gasteiger partial charge in [0.15, 0.2) is 12.4 Å². The molecule has 2 nitrogen and oxygen atoms in total. The van der Waals surface area contributed by atoms with Gasteiger partial charge in [0.05, 0.1) is 0 Å². The van der Waals surface area contributed by atoms with Gasteiger partial charge in [-0.15, -0.1) is 0 Å². The van der Waals surface area contributed by atoms with E-state index in [2.05, 4.69) is 42.9 Å². The molecule has 0 saturated heterocycles. The first-order valence-electron chi connectivity index (χ1n) is 10.1. The quantitative estimate of drug-likeness (QED) is 0.222. The molecule has 0 radical (unpaired) electrons. The molecule has 1 rings (SSSR count). The smallest absolute Gasteiger partial charge is 0.171 e. The third-order valence-corrected chi connectivity index (χ3v) is 4.51. The summed E-state index contributed by atoms with van der Waals surface area (Å²) in [7, 11) is 0. The molecule has 136 valence electrons. The first kappa shape index (κ1) is 22.6. The number of aryl methyl sites for hydroxylation is 2. The minimum absolute atomic E-state index is 1.19. The van der Waals surface area contributed by atoms with Gasteiger partial charge in [-0.05, 0) is 25.3 Å². The first-order chi connectivity index (χ1) is 11.9. The van der Waals surface area contributed by atoms with E-state index in [1.165, 1.54) is 95.6 Å². The van der Waals surface area contributed by atoms with Crippen molar-refractivity contribution in [3.8, 4) is 0 Å². The standard InChI is InChI=1S/C21H38N.CN/c1-3-5-7-8-9-10-11-12-13-14-18-22-19-15-17-21(20-22)16-6-4-2;1-2/h15,17,19-20H,3-14,16,18H2,1-2H3;/q+1;-1. The predicted molar refractivity (Wildman–Crippen MR) is 102 cm³/mol. The van der Waals surface area contributed by atoms with Crippen LogP contribution in [0.1, 0.15) is 96.5 Å². The second kappa shape index (κ2) is 18.0. The van der Waals surface area contributed by atoms with Gasteiger partial charge >= 0.3 is 0 Å². The summed E-state index contributed by atoms with van der Waals surface area (Å²) in [5.41, 5.74) is 1.50. The summed E-state index contributed by atoms with van der Waals surface area (Å²) in [6, 6.07) is 4.48. The van der Waals surface area contributed by atoms with Crippen LogP contribution in [0.15, 0.2) is 24.5 Å². The fraction of sp³-hybridized carbons (Fsp3) is 0.727. The van der Waals surface area contributed by atoms with Crippen LogP contribution < -0.4 is 4.57 Å². The number of pyridine rings is 1. The van der Waals surface area contributed by atoms with Crippen molar-refractivity contribution in [2.45, 2.75) is 104 Å². The Kier molecular flexibility index (Phi) is 17.0. The third kappa shape index (κ3) is 13.1. The highest BCUT2D eigenvalue weighted by atomic mass is 14.9. The van der Waals surface area contributed by atoms with Crippen LogP contribution in [0.2, 0.25) is 0 Å². The highest BCUT2D eigenvalue weighted by Crippen LogP contribution is 2.10. The van der Waals surface area contributed by atoms with Crippen molar-refractivity contribution in [3.05, 3.63) is 36.7 Å². The Morgan fingerprint density at radius 3 is 1.92 bits per heavy atom. The molecule has 0 bridgehead atoms. The summed E-state index contributed by atoms with van der Waals surface area (Å²) >= 11 is 0. The van der Waals surface area contributed by atoms with Crippen LogP contribution in [-0.2, 0) is 13.0 Å². The topological polar surface area (TPSA) is 27.7 Å². The molecule has 0 amide bonds. The number of nitrogens with zero attached hydrogens (tertiary/aromatic N) is 2. The Morgan fingerprint density at radius 2 is 1.33 bits per heavy atom. The molecule has 0 spiro atoms. The van der Waals surface area contributed by atoms with E-state index in [1.807, 2.05) is 0 Å². The number of aromatic nitrogens is 1. The van der Waals surface area contributed by atoms with Crippen LogP contribution >= 0.6 is 0 Å². The van der Waals surface area contributed by atoms with Crippen LogP contribution in [0.4, 0.5) is 0 Å². The maximum Gasteiger partial charge on any atom is 0.171 e. The molecule has 0 unspecified atom stereocenters. The third-order valence-electron chi connectivity index (χ3n) is 4.51. The number of rotatable bonds is 14. The van der Waals surface area contributed by atoms with E-state index < -0.39 is 0 Å². The fourth-order valence-electron chi connectivity index (χ4n) is 3.03. The lowest BCUT2D eigenvalue weighted by Gasteiger charge is -2.02. The average Bonchev–Trinajstić information content (AvgIpc) is 2.63. The van der Waals surface area contributed by atoms with Crippen molar-refractivity contribution in [2.24, 2.45) is 0 Å². The van der Waals surface area contributed by atoms with E-state index >= 15 is 0 Å². The normalized spacial score (nSPS) is 10.2. The maximum absolute atomic E-state index is 6.25. The molecule has 0 aliphatic rings. The van der Waals surface area contributed by atoms with E-state index in [-0.39, 0.29) is 0 Å². The van der Waals surface area contributed by atoms with E-state index in [1.54, 1.807) is 0 Å². The molecule has 0 atom stereocenters. The number of hydrogen-bond donors (Lipinski definition) is 0. The predicted octanol–water partition coefficient (Wildman–Crippen LogP) is 6.33. The zero-order valence-electron chi connectivity index (χ0n) is 16.1. The van der Waals surface area contributed by atoms with Gasteiger partial charge in [0.1, 0.15) is 6.54 Å². The molecule has 0 aliphatic carbocycles. The molecule has 24 heavy (non-hydrogen) atoms. The van der Waals surface area contributed by atoms with Gasteiger partial charge in [-0.1, -0.05) is 71.6 Å². The summed E-state index contributed by atoms with van der Waals surface area (Å²) in [6.45, 7) is 10.5. The Hall–Kier alpha value is -1.36. The van der Waals surface area contributed by atoms with Crippen LogP contribution in [0.25, 0.3) is 0 Å². The first-order valence-corrected chi connectivity index (χ1v) is 10.1. The zero-order valence-corrected chi connectivity index (χ0v) is 16.1. The van der Waals surface area contributed by atoms with Crippen molar-refractivity contribution in [1.29, 1.82) is 5.26 Å². The van der Waals surface area contributed by atoms with Crippen LogP contribution in [0.3, 0.4) is 0 Å². The van der Waals surface area contributed by atoms with Gasteiger partial charge in [-0.2, -0.15) is 0 Å². The Labute approximate surface area is 150 Å². The summed E-state index contributed by atoms with van der Waals surface area (Å²) in [4.78, 5) is 0. The highest BCUT2D eigenvalue weighted by molar-refractivity contribution is 5.05. The van der Waals surface area contributed by atoms with E-state index in [0.717, 1.165) is 0 Å². The number of hydrogen-bond acceptors (Lipinski definition) is 1. The molecule has 0 aromatic carbocycles. The SMILES string of the molecule is CCCCCCCCCCCC[n+]1cccc(CCCC)c1.[C-]#N. The molecule has 1 aromatic rings. The summed E-state index contributed by atoms with van der Waals surface area (Å²) in [5, 5.41) is 6.25. The van der Waals surface area contributed by atoms with Crippen molar-refractivity contribution in [2.75, 3.05) is 0 Å². The molecule has 1 aromatic heterocycles. The van der Waals surface area contributed by atoms with Crippen molar-refractivity contribution in [1.82, 2.24) is 0 Å². The van der Waals surface area contributed by atoms with Gasteiger partial charge in [0.25, 0.3) is 0 Å². The van der Waals surface area contributed by atoms with Crippen LogP contribution in [0, 0.1) is 11.8 Å². The molecule has 2 heteroatoms. The van der Waals surface area contributed by atoms with Gasteiger partial charge in [-0.3, -0.25) is 0 Å².